The van der Waals surface area contributed by atoms with Gasteiger partial charge in [-0.05, 0) is 12.8 Å². The second-order valence-corrected chi connectivity index (χ2v) is 5.49. The van der Waals surface area contributed by atoms with Crippen LogP contribution in [0.3, 0.4) is 0 Å². The van der Waals surface area contributed by atoms with E-state index in [1.54, 1.807) is 11.8 Å². The molecular weight excluding hydrogens is 274 g/mol. The Morgan fingerprint density at radius 1 is 1.31 bits per heavy atom. The summed E-state index contributed by atoms with van der Waals surface area (Å²) in [6, 6.07) is 0. The monoisotopic (exact) mass is 293 g/mol. The molecule has 0 aromatic heterocycles. The molecule has 0 spiro atoms. The predicted molar refractivity (Wildman–Crippen MR) is 66.4 cm³/mol. The first-order chi connectivity index (χ1) is 7.38. The minimum Gasteiger partial charge on any atom is -0.469 e. The molecule has 5 heteroatoms. The lowest BCUT2D eigenvalue weighted by Gasteiger charge is -2.25. The highest BCUT2D eigenvalue weighted by molar-refractivity contribution is 9.10. The predicted octanol–water partition coefficient (Wildman–Crippen LogP) is 1.82. The molecule has 0 N–H and O–H groups in total. The molecule has 0 radical (unpaired) electrons. The van der Waals surface area contributed by atoms with Gasteiger partial charge in [-0.1, -0.05) is 29.8 Å². The summed E-state index contributed by atoms with van der Waals surface area (Å²) in [5.41, 5.74) is 0. The Labute approximate surface area is 105 Å². The molecule has 0 aliphatic rings. The van der Waals surface area contributed by atoms with Crippen LogP contribution in [-0.2, 0) is 14.3 Å². The van der Waals surface area contributed by atoms with Crippen molar-refractivity contribution in [1.29, 1.82) is 0 Å². The minimum absolute atomic E-state index is 0.0117. The van der Waals surface area contributed by atoms with Gasteiger partial charge >= 0.3 is 5.97 Å². The molecule has 0 aromatic rings. The van der Waals surface area contributed by atoms with Crippen molar-refractivity contribution in [1.82, 2.24) is 4.90 Å². The van der Waals surface area contributed by atoms with Crippen molar-refractivity contribution in [2.24, 2.45) is 5.92 Å². The number of carbonyl (C=O) groups is 2. The number of amides is 1. The number of ether oxygens (including phenoxy) is 1. The van der Waals surface area contributed by atoms with Crippen LogP contribution in [0, 0.1) is 5.92 Å². The number of methoxy groups -OCH3 is 1. The van der Waals surface area contributed by atoms with Crippen molar-refractivity contribution in [3.63, 3.8) is 0 Å². The molecule has 0 saturated heterocycles. The normalized spacial score (nSPS) is 12.4. The molecule has 0 heterocycles. The van der Waals surface area contributed by atoms with Gasteiger partial charge in [-0.15, -0.1) is 0 Å². The molecule has 16 heavy (non-hydrogen) atoms. The average Bonchev–Trinajstić information content (AvgIpc) is 2.21. The molecule has 0 aromatic carbocycles. The fourth-order valence-corrected chi connectivity index (χ4v) is 1.60. The number of rotatable bonds is 6. The van der Waals surface area contributed by atoms with Gasteiger partial charge in [0.2, 0.25) is 5.91 Å². The first-order valence-corrected chi connectivity index (χ1v) is 6.29. The topological polar surface area (TPSA) is 46.6 Å². The van der Waals surface area contributed by atoms with Gasteiger partial charge in [-0.2, -0.15) is 0 Å². The summed E-state index contributed by atoms with van der Waals surface area (Å²) < 4.78 is 4.56. The highest BCUT2D eigenvalue weighted by Crippen LogP contribution is 2.08. The van der Waals surface area contributed by atoms with Crippen LogP contribution >= 0.6 is 15.9 Å². The van der Waals surface area contributed by atoms with Crippen molar-refractivity contribution < 1.29 is 14.3 Å². The Morgan fingerprint density at radius 3 is 2.25 bits per heavy atom. The van der Waals surface area contributed by atoms with E-state index in [-0.39, 0.29) is 23.1 Å². The second-order valence-electron chi connectivity index (χ2n) is 4.12. The maximum atomic E-state index is 11.8. The standard InChI is InChI=1S/C11H20BrNO3/c1-8(2)7-13(11(15)9(3)12)6-5-10(14)16-4/h8-9H,5-7H2,1-4H3. The molecule has 0 fully saturated rings. The van der Waals surface area contributed by atoms with E-state index in [1.165, 1.54) is 7.11 Å². The molecule has 0 saturated carbocycles. The zero-order valence-electron chi connectivity index (χ0n) is 10.3. The Kier molecular flexibility index (Phi) is 7.38. The summed E-state index contributed by atoms with van der Waals surface area (Å²) in [6.07, 6.45) is 0.245. The van der Waals surface area contributed by atoms with E-state index in [0.29, 0.717) is 19.0 Å². The molecule has 0 bridgehead atoms. The summed E-state index contributed by atoms with van der Waals surface area (Å²) in [7, 11) is 1.35. The van der Waals surface area contributed by atoms with Gasteiger partial charge in [0.05, 0.1) is 18.4 Å². The highest BCUT2D eigenvalue weighted by Gasteiger charge is 2.19. The van der Waals surface area contributed by atoms with E-state index < -0.39 is 0 Å². The maximum Gasteiger partial charge on any atom is 0.307 e. The smallest absolute Gasteiger partial charge is 0.307 e. The van der Waals surface area contributed by atoms with Crippen molar-refractivity contribution in [2.45, 2.75) is 32.0 Å². The van der Waals surface area contributed by atoms with Crippen molar-refractivity contribution in [3.05, 3.63) is 0 Å². The Bertz CT molecular complexity index is 241. The Balaban J connectivity index is 4.32. The van der Waals surface area contributed by atoms with Gasteiger partial charge in [0.15, 0.2) is 0 Å². The van der Waals surface area contributed by atoms with Crippen LogP contribution in [0.2, 0.25) is 0 Å². The molecule has 1 amide bonds. The molecule has 0 rings (SSSR count). The number of esters is 1. The third-order valence-corrected chi connectivity index (χ3v) is 2.44. The lowest BCUT2D eigenvalue weighted by atomic mass is 10.2. The zero-order chi connectivity index (χ0) is 12.7. The van der Waals surface area contributed by atoms with Crippen LogP contribution in [0.15, 0.2) is 0 Å². The molecule has 4 nitrogen and oxygen atoms in total. The molecule has 94 valence electrons. The van der Waals surface area contributed by atoms with Crippen LogP contribution in [0.4, 0.5) is 0 Å². The molecule has 1 atom stereocenters. The highest BCUT2D eigenvalue weighted by atomic mass is 79.9. The number of hydrogen-bond donors (Lipinski definition) is 0. The van der Waals surface area contributed by atoms with Gasteiger partial charge in [0.1, 0.15) is 0 Å². The van der Waals surface area contributed by atoms with E-state index in [0.717, 1.165) is 0 Å². The number of halogens is 1. The first kappa shape index (κ1) is 15.4. The number of nitrogens with zero attached hydrogens (tertiary/aromatic N) is 1. The molecular formula is C11H20BrNO3. The maximum absolute atomic E-state index is 11.8. The lowest BCUT2D eigenvalue weighted by Crippen LogP contribution is -2.39. The first-order valence-electron chi connectivity index (χ1n) is 5.38. The largest absolute Gasteiger partial charge is 0.469 e. The van der Waals surface area contributed by atoms with Gasteiger partial charge in [-0.25, -0.2) is 0 Å². The number of alkyl halides is 1. The van der Waals surface area contributed by atoms with E-state index in [4.69, 9.17) is 0 Å². The van der Waals surface area contributed by atoms with Gasteiger partial charge in [0, 0.05) is 13.1 Å². The summed E-state index contributed by atoms with van der Waals surface area (Å²) in [4.78, 5) is 24.3. The van der Waals surface area contributed by atoms with E-state index in [1.807, 2.05) is 13.8 Å². The summed E-state index contributed by atoms with van der Waals surface area (Å²) in [5.74, 6) is 0.106. The van der Waals surface area contributed by atoms with Crippen molar-refractivity contribution >= 4 is 27.8 Å². The van der Waals surface area contributed by atoms with E-state index >= 15 is 0 Å². The van der Waals surface area contributed by atoms with E-state index in [9.17, 15) is 9.59 Å². The van der Waals surface area contributed by atoms with Crippen LogP contribution in [-0.4, -0.2) is 41.8 Å². The van der Waals surface area contributed by atoms with Gasteiger partial charge in [0.25, 0.3) is 0 Å². The lowest BCUT2D eigenvalue weighted by molar-refractivity contribution is -0.141. The molecule has 1 unspecified atom stereocenters. The van der Waals surface area contributed by atoms with Crippen LogP contribution in [0.5, 0.6) is 0 Å². The fraction of sp³-hybridized carbons (Fsp3) is 0.818. The average molecular weight is 294 g/mol. The summed E-state index contributed by atoms with van der Waals surface area (Å²) >= 11 is 3.25. The fourth-order valence-electron chi connectivity index (χ4n) is 1.31. The van der Waals surface area contributed by atoms with Gasteiger partial charge < -0.3 is 9.64 Å². The minimum atomic E-state index is -0.288. The quantitative estimate of drug-likeness (QED) is 0.554. The van der Waals surface area contributed by atoms with Gasteiger partial charge in [-0.3, -0.25) is 9.59 Å². The third kappa shape index (κ3) is 6.10. The molecule has 0 aliphatic carbocycles. The Morgan fingerprint density at radius 2 is 1.88 bits per heavy atom. The summed E-state index contributed by atoms with van der Waals surface area (Å²) in [6.45, 7) is 6.94. The number of hydrogen-bond acceptors (Lipinski definition) is 3. The van der Waals surface area contributed by atoms with E-state index in [2.05, 4.69) is 20.7 Å². The zero-order valence-corrected chi connectivity index (χ0v) is 11.9. The second kappa shape index (κ2) is 7.65. The Hall–Kier alpha value is -0.580. The van der Waals surface area contributed by atoms with Crippen molar-refractivity contribution in [3.8, 4) is 0 Å². The third-order valence-electron chi connectivity index (χ3n) is 2.05. The SMILES string of the molecule is COC(=O)CCN(CC(C)C)C(=O)C(C)Br. The van der Waals surface area contributed by atoms with Crippen molar-refractivity contribution in [2.75, 3.05) is 20.2 Å². The molecule has 0 aliphatic heterocycles. The van der Waals surface area contributed by atoms with Crippen LogP contribution < -0.4 is 0 Å². The summed E-state index contributed by atoms with van der Waals surface area (Å²) in [5, 5.41) is 0. The number of carbonyl (C=O) groups excluding carboxylic acids is 2. The van der Waals surface area contributed by atoms with Crippen LogP contribution in [0.1, 0.15) is 27.2 Å². The van der Waals surface area contributed by atoms with Crippen LogP contribution in [0.25, 0.3) is 0 Å².